The van der Waals surface area contributed by atoms with Crippen molar-refractivity contribution >= 4 is 22.3 Å². The highest BCUT2D eigenvalue weighted by Crippen LogP contribution is 2.44. The second kappa shape index (κ2) is 10.2. The molecule has 0 bridgehead atoms. The number of nitrogens with zero attached hydrogens (tertiary/aromatic N) is 1. The van der Waals surface area contributed by atoms with Crippen molar-refractivity contribution in [3.63, 3.8) is 0 Å². The van der Waals surface area contributed by atoms with Gasteiger partial charge in [0.2, 0.25) is 5.91 Å². The van der Waals surface area contributed by atoms with Crippen LogP contribution >= 0.6 is 0 Å². The van der Waals surface area contributed by atoms with Crippen molar-refractivity contribution in [1.82, 2.24) is 0 Å². The first kappa shape index (κ1) is 23.7. The van der Waals surface area contributed by atoms with Gasteiger partial charge in [-0.05, 0) is 96.9 Å². The summed E-state index contributed by atoms with van der Waals surface area (Å²) in [6.07, 6.45) is 9.59. The Kier molecular flexibility index (Phi) is 7.12. The van der Waals surface area contributed by atoms with E-state index in [1.807, 2.05) is 13.0 Å². The van der Waals surface area contributed by atoms with Gasteiger partial charge >= 0.3 is 0 Å². The van der Waals surface area contributed by atoms with Crippen LogP contribution in [0.5, 0.6) is 0 Å². The normalized spacial score (nSPS) is 14.8. The minimum atomic E-state index is -0.422. The van der Waals surface area contributed by atoms with Gasteiger partial charge in [0.25, 0.3) is 0 Å². The van der Waals surface area contributed by atoms with Gasteiger partial charge < -0.3 is 5.73 Å². The number of aryl methyl sites for hydroxylation is 2. The molecule has 174 valence electrons. The number of allylic oxidation sites excluding steroid dienone is 4. The summed E-state index contributed by atoms with van der Waals surface area (Å²) in [5.74, 6) is 0.154. The molecule has 3 aromatic rings. The van der Waals surface area contributed by atoms with E-state index in [9.17, 15) is 4.79 Å². The molecule has 1 aliphatic carbocycles. The molecule has 2 N–H and O–H groups in total. The molecular formula is C31H34N2O. The van der Waals surface area contributed by atoms with Gasteiger partial charge in [0.1, 0.15) is 6.54 Å². The first-order valence-electron chi connectivity index (χ1n) is 12.2. The average Bonchev–Trinajstić information content (AvgIpc) is 3.67. The van der Waals surface area contributed by atoms with Crippen LogP contribution in [0.4, 0.5) is 0 Å². The molecule has 0 saturated heterocycles. The lowest BCUT2D eigenvalue weighted by Crippen LogP contribution is -2.17. The lowest BCUT2D eigenvalue weighted by Gasteiger charge is -2.12. The second-order valence-corrected chi connectivity index (χ2v) is 9.29. The highest BCUT2D eigenvalue weighted by Gasteiger charge is 2.26. The van der Waals surface area contributed by atoms with Gasteiger partial charge in [-0.3, -0.25) is 9.79 Å². The molecule has 0 aromatic heterocycles. The average molecular weight is 451 g/mol. The molecule has 0 heterocycles. The number of hydrogen-bond donors (Lipinski definition) is 1. The predicted octanol–water partition coefficient (Wildman–Crippen LogP) is 6.76. The number of hydrogen-bond acceptors (Lipinski definition) is 2. The summed E-state index contributed by atoms with van der Waals surface area (Å²) in [6, 6.07) is 17.8. The van der Waals surface area contributed by atoms with Gasteiger partial charge in [0.05, 0.1) is 5.36 Å². The van der Waals surface area contributed by atoms with Crippen molar-refractivity contribution in [2.45, 2.75) is 52.9 Å². The molecular weight excluding hydrogens is 416 g/mol. The first-order valence-corrected chi connectivity index (χ1v) is 12.2. The molecule has 34 heavy (non-hydrogen) atoms. The molecule has 1 saturated carbocycles. The largest absolute Gasteiger partial charge is 0.368 e. The zero-order valence-electron chi connectivity index (χ0n) is 20.7. The van der Waals surface area contributed by atoms with Crippen LogP contribution in [-0.4, -0.2) is 12.5 Å². The van der Waals surface area contributed by atoms with E-state index >= 15 is 0 Å². The van der Waals surface area contributed by atoms with Crippen LogP contribution in [0.3, 0.4) is 0 Å². The van der Waals surface area contributed by atoms with Crippen LogP contribution in [-0.2, 0) is 4.79 Å². The molecule has 0 radical (unpaired) electrons. The molecule has 1 aliphatic rings. The van der Waals surface area contributed by atoms with Gasteiger partial charge in [-0.1, -0.05) is 67.1 Å². The monoisotopic (exact) mass is 450 g/mol. The third-order valence-electron chi connectivity index (χ3n) is 6.58. The Balaban J connectivity index is 2.08. The zero-order valence-corrected chi connectivity index (χ0v) is 20.7. The van der Waals surface area contributed by atoms with E-state index < -0.39 is 5.91 Å². The number of amides is 1. The Morgan fingerprint density at radius 1 is 1.06 bits per heavy atom. The van der Waals surface area contributed by atoms with Gasteiger partial charge in [0, 0.05) is 5.39 Å². The van der Waals surface area contributed by atoms with E-state index in [1.54, 1.807) is 0 Å². The molecule has 3 heteroatoms. The van der Waals surface area contributed by atoms with Crippen molar-refractivity contribution in [3.8, 4) is 11.1 Å². The van der Waals surface area contributed by atoms with E-state index in [0.29, 0.717) is 5.92 Å². The van der Waals surface area contributed by atoms with Crippen molar-refractivity contribution in [3.05, 3.63) is 94.4 Å². The third kappa shape index (κ3) is 5.20. The lowest BCUT2D eigenvalue weighted by molar-refractivity contribution is -0.116. The lowest BCUT2D eigenvalue weighted by atomic mass is 9.92. The topological polar surface area (TPSA) is 55.4 Å². The Hall–Kier alpha value is -3.46. The van der Waals surface area contributed by atoms with Gasteiger partial charge in [-0.25, -0.2) is 0 Å². The van der Waals surface area contributed by atoms with Crippen LogP contribution < -0.4 is 11.1 Å². The summed E-state index contributed by atoms with van der Waals surface area (Å²) >= 11 is 0. The van der Waals surface area contributed by atoms with E-state index in [4.69, 9.17) is 10.7 Å². The number of nitrogens with two attached hydrogens (primary N) is 1. The fourth-order valence-electron chi connectivity index (χ4n) is 4.58. The number of benzene rings is 2. The van der Waals surface area contributed by atoms with Crippen molar-refractivity contribution in [2.75, 3.05) is 6.54 Å². The third-order valence-corrected chi connectivity index (χ3v) is 6.58. The van der Waals surface area contributed by atoms with Crippen LogP contribution in [0.25, 0.3) is 27.5 Å². The van der Waals surface area contributed by atoms with Crippen LogP contribution in [0.15, 0.2) is 71.8 Å². The Bertz CT molecular complexity index is 1370. The summed E-state index contributed by atoms with van der Waals surface area (Å²) in [5.41, 5.74) is 14.2. The summed E-state index contributed by atoms with van der Waals surface area (Å²) in [6.45, 7) is 8.46. The maximum absolute atomic E-state index is 11.7. The van der Waals surface area contributed by atoms with Crippen molar-refractivity contribution < 1.29 is 4.79 Å². The predicted molar refractivity (Wildman–Crippen MR) is 144 cm³/mol. The Morgan fingerprint density at radius 2 is 1.85 bits per heavy atom. The molecule has 0 aliphatic heterocycles. The fraction of sp³-hybridized carbons (Fsp3) is 0.290. The molecule has 3 aromatic carbocycles. The van der Waals surface area contributed by atoms with Crippen LogP contribution in [0.1, 0.15) is 61.3 Å². The highest BCUT2D eigenvalue weighted by molar-refractivity contribution is 5.92. The summed E-state index contributed by atoms with van der Waals surface area (Å²) < 4.78 is 0. The smallest absolute Gasteiger partial charge is 0.239 e. The number of carbonyl (C=O) groups excluding carboxylic acids is 1. The molecule has 0 unspecified atom stereocenters. The minimum absolute atomic E-state index is 0.0228. The standard InChI is InChI=1S/C31H34N2O/c1-5-7-8-22(6-2)24-13-14-26-28(23-11-12-23)16-25(27-15-20(3)9-10-21(27)4)17-29(26)30(18-24)33-19-31(32)34/h5,7-10,13-18,23H,6,11-12,19H2,1-4H3,(H2,32,34)/b7-5?,22-8+,33-30?. The SMILES string of the molecule is CC=C/C=C(\CC)c1ccc2c(C3CC3)cc(-c3cc(C)ccc3C)cc2c(=NCC(N)=O)c1. The first-order chi connectivity index (χ1) is 16.4. The highest BCUT2D eigenvalue weighted by atomic mass is 16.1. The number of primary amides is 1. The fourth-order valence-corrected chi connectivity index (χ4v) is 4.58. The van der Waals surface area contributed by atoms with E-state index in [-0.39, 0.29) is 6.54 Å². The molecule has 0 atom stereocenters. The maximum Gasteiger partial charge on any atom is 0.239 e. The molecule has 1 fully saturated rings. The number of rotatable bonds is 7. The quantitative estimate of drug-likeness (QED) is 0.397. The second-order valence-electron chi connectivity index (χ2n) is 9.29. The zero-order chi connectivity index (χ0) is 24.2. The van der Waals surface area contributed by atoms with Crippen molar-refractivity contribution in [2.24, 2.45) is 10.7 Å². The van der Waals surface area contributed by atoms with E-state index in [0.717, 1.165) is 22.7 Å². The minimum Gasteiger partial charge on any atom is -0.368 e. The summed E-state index contributed by atoms with van der Waals surface area (Å²) in [5, 5.41) is 3.12. The van der Waals surface area contributed by atoms with E-state index in [1.165, 1.54) is 51.6 Å². The van der Waals surface area contributed by atoms with Gasteiger partial charge in [-0.2, -0.15) is 0 Å². The number of fused-ring (bicyclic) bond motifs is 1. The Labute approximate surface area is 202 Å². The van der Waals surface area contributed by atoms with E-state index in [2.05, 4.69) is 81.5 Å². The molecule has 0 spiro atoms. The molecule has 3 nitrogen and oxygen atoms in total. The van der Waals surface area contributed by atoms with Crippen LogP contribution in [0.2, 0.25) is 0 Å². The summed E-state index contributed by atoms with van der Waals surface area (Å²) in [7, 11) is 0. The van der Waals surface area contributed by atoms with Crippen molar-refractivity contribution in [1.29, 1.82) is 0 Å². The van der Waals surface area contributed by atoms with Crippen LogP contribution in [0, 0.1) is 13.8 Å². The van der Waals surface area contributed by atoms with Gasteiger partial charge in [0.15, 0.2) is 0 Å². The van der Waals surface area contributed by atoms with Gasteiger partial charge in [-0.15, -0.1) is 0 Å². The molecule has 1 amide bonds. The maximum atomic E-state index is 11.7. The number of carbonyl (C=O) groups is 1. The molecule has 4 rings (SSSR count). The summed E-state index contributed by atoms with van der Waals surface area (Å²) in [4.78, 5) is 16.4. The Morgan fingerprint density at radius 3 is 2.53 bits per heavy atom.